The predicted octanol–water partition coefficient (Wildman–Crippen LogP) is 1.35. The van der Waals surface area contributed by atoms with E-state index in [0.29, 0.717) is 13.0 Å². The molecule has 18 heavy (non-hydrogen) atoms. The van der Waals surface area contributed by atoms with Crippen LogP contribution in [-0.4, -0.2) is 29.7 Å². The van der Waals surface area contributed by atoms with E-state index < -0.39 is 6.10 Å². The van der Waals surface area contributed by atoms with E-state index in [1.54, 1.807) is 0 Å². The second kappa shape index (κ2) is 5.82. The third kappa shape index (κ3) is 3.31. The molecule has 0 saturated carbocycles. The SMILES string of the molecule is C[C@@H](NC(=O)C1CC(O)CN1)c1ccc(Br)cc1. The number of aliphatic hydroxyl groups excluding tert-OH is 1. The molecule has 0 aromatic heterocycles. The Morgan fingerprint density at radius 3 is 2.72 bits per heavy atom. The largest absolute Gasteiger partial charge is 0.392 e. The number of hydrogen-bond donors (Lipinski definition) is 3. The van der Waals surface area contributed by atoms with Gasteiger partial charge < -0.3 is 15.7 Å². The van der Waals surface area contributed by atoms with Crippen molar-refractivity contribution < 1.29 is 9.90 Å². The van der Waals surface area contributed by atoms with Crippen molar-refractivity contribution >= 4 is 21.8 Å². The molecule has 1 aromatic rings. The molecule has 1 aromatic carbocycles. The Kier molecular flexibility index (Phi) is 4.37. The summed E-state index contributed by atoms with van der Waals surface area (Å²) >= 11 is 3.38. The molecule has 1 saturated heterocycles. The smallest absolute Gasteiger partial charge is 0.237 e. The monoisotopic (exact) mass is 312 g/mol. The van der Waals surface area contributed by atoms with E-state index in [4.69, 9.17) is 0 Å². The lowest BCUT2D eigenvalue weighted by atomic mass is 10.1. The first-order chi connectivity index (χ1) is 8.56. The van der Waals surface area contributed by atoms with Gasteiger partial charge in [-0.15, -0.1) is 0 Å². The molecule has 2 rings (SSSR count). The molecule has 3 N–H and O–H groups in total. The summed E-state index contributed by atoms with van der Waals surface area (Å²) in [6, 6.07) is 7.55. The van der Waals surface area contributed by atoms with E-state index in [9.17, 15) is 9.90 Å². The van der Waals surface area contributed by atoms with Crippen molar-refractivity contribution in [1.29, 1.82) is 0 Å². The third-order valence-electron chi connectivity index (χ3n) is 3.15. The van der Waals surface area contributed by atoms with Crippen molar-refractivity contribution in [1.82, 2.24) is 10.6 Å². The Balaban J connectivity index is 1.92. The van der Waals surface area contributed by atoms with Crippen LogP contribution in [0.3, 0.4) is 0 Å². The number of halogens is 1. The fourth-order valence-corrected chi connectivity index (χ4v) is 2.33. The maximum Gasteiger partial charge on any atom is 0.237 e. The molecule has 1 aliphatic heterocycles. The van der Waals surface area contributed by atoms with Crippen LogP contribution in [0.2, 0.25) is 0 Å². The first-order valence-electron chi connectivity index (χ1n) is 6.03. The van der Waals surface area contributed by atoms with Crippen LogP contribution in [0, 0.1) is 0 Å². The van der Waals surface area contributed by atoms with Gasteiger partial charge in [-0.3, -0.25) is 4.79 Å². The molecule has 4 nitrogen and oxygen atoms in total. The van der Waals surface area contributed by atoms with Crippen molar-refractivity contribution in [2.45, 2.75) is 31.5 Å². The van der Waals surface area contributed by atoms with E-state index >= 15 is 0 Å². The Hall–Kier alpha value is -0.910. The van der Waals surface area contributed by atoms with Gasteiger partial charge in [0.1, 0.15) is 0 Å². The lowest BCUT2D eigenvalue weighted by Crippen LogP contribution is -2.41. The standard InChI is InChI=1S/C13H17BrN2O2/c1-8(9-2-4-10(14)5-3-9)16-13(18)12-6-11(17)7-15-12/h2-5,8,11-12,15,17H,6-7H2,1H3,(H,16,18)/t8-,11?,12?/m1/s1. The zero-order valence-corrected chi connectivity index (χ0v) is 11.8. The lowest BCUT2D eigenvalue weighted by Gasteiger charge is -2.17. The first-order valence-corrected chi connectivity index (χ1v) is 6.83. The van der Waals surface area contributed by atoms with Crippen LogP contribution in [0.15, 0.2) is 28.7 Å². The van der Waals surface area contributed by atoms with Crippen molar-refractivity contribution in [2.24, 2.45) is 0 Å². The lowest BCUT2D eigenvalue weighted by molar-refractivity contribution is -0.123. The molecule has 0 radical (unpaired) electrons. The molecule has 1 heterocycles. The molecule has 1 fully saturated rings. The zero-order chi connectivity index (χ0) is 13.1. The number of carbonyl (C=O) groups is 1. The normalized spacial score (nSPS) is 24.8. The number of rotatable bonds is 3. The zero-order valence-electron chi connectivity index (χ0n) is 10.2. The van der Waals surface area contributed by atoms with Crippen LogP contribution in [0.1, 0.15) is 24.9 Å². The van der Waals surface area contributed by atoms with Crippen molar-refractivity contribution in [2.75, 3.05) is 6.54 Å². The van der Waals surface area contributed by atoms with E-state index in [1.807, 2.05) is 31.2 Å². The summed E-state index contributed by atoms with van der Waals surface area (Å²) in [7, 11) is 0. The topological polar surface area (TPSA) is 61.4 Å². The van der Waals surface area contributed by atoms with E-state index in [0.717, 1.165) is 10.0 Å². The van der Waals surface area contributed by atoms with Crippen molar-refractivity contribution in [3.05, 3.63) is 34.3 Å². The van der Waals surface area contributed by atoms with Crippen LogP contribution in [-0.2, 0) is 4.79 Å². The Labute approximate surface area is 115 Å². The van der Waals surface area contributed by atoms with Crippen LogP contribution in [0.25, 0.3) is 0 Å². The quantitative estimate of drug-likeness (QED) is 0.789. The van der Waals surface area contributed by atoms with E-state index in [1.165, 1.54) is 0 Å². The average Bonchev–Trinajstić information content (AvgIpc) is 2.76. The van der Waals surface area contributed by atoms with Crippen LogP contribution < -0.4 is 10.6 Å². The maximum absolute atomic E-state index is 11.9. The molecular formula is C13H17BrN2O2. The highest BCUT2D eigenvalue weighted by Gasteiger charge is 2.28. The molecular weight excluding hydrogens is 296 g/mol. The fraction of sp³-hybridized carbons (Fsp3) is 0.462. The number of benzene rings is 1. The Morgan fingerprint density at radius 1 is 1.50 bits per heavy atom. The van der Waals surface area contributed by atoms with Crippen LogP contribution >= 0.6 is 15.9 Å². The van der Waals surface area contributed by atoms with Crippen LogP contribution in [0.4, 0.5) is 0 Å². The molecule has 0 bridgehead atoms. The third-order valence-corrected chi connectivity index (χ3v) is 3.68. The second-order valence-electron chi connectivity index (χ2n) is 4.63. The first kappa shape index (κ1) is 13.5. The van der Waals surface area contributed by atoms with Gasteiger partial charge in [0.15, 0.2) is 0 Å². The summed E-state index contributed by atoms with van der Waals surface area (Å²) in [5.41, 5.74) is 1.06. The average molecular weight is 313 g/mol. The number of amides is 1. The molecule has 3 atom stereocenters. The van der Waals surface area contributed by atoms with Gasteiger partial charge in [0.25, 0.3) is 0 Å². The molecule has 1 aliphatic rings. The Morgan fingerprint density at radius 2 is 2.17 bits per heavy atom. The minimum absolute atomic E-state index is 0.0369. The molecule has 98 valence electrons. The summed E-state index contributed by atoms with van der Waals surface area (Å²) in [6.45, 7) is 2.44. The van der Waals surface area contributed by atoms with E-state index in [-0.39, 0.29) is 18.0 Å². The second-order valence-corrected chi connectivity index (χ2v) is 5.55. The summed E-state index contributed by atoms with van der Waals surface area (Å²) in [5, 5.41) is 15.3. The van der Waals surface area contributed by atoms with Gasteiger partial charge in [-0.25, -0.2) is 0 Å². The minimum atomic E-state index is -0.413. The number of hydrogen-bond acceptors (Lipinski definition) is 3. The maximum atomic E-state index is 11.9. The highest BCUT2D eigenvalue weighted by Crippen LogP contribution is 2.17. The van der Waals surface area contributed by atoms with Crippen LogP contribution in [0.5, 0.6) is 0 Å². The summed E-state index contributed by atoms with van der Waals surface area (Å²) in [4.78, 5) is 11.9. The van der Waals surface area contributed by atoms with Gasteiger partial charge in [-0.2, -0.15) is 0 Å². The van der Waals surface area contributed by atoms with Crippen molar-refractivity contribution in [3.8, 4) is 0 Å². The Bertz CT molecular complexity index is 422. The summed E-state index contributed by atoms with van der Waals surface area (Å²) < 4.78 is 1.02. The highest BCUT2D eigenvalue weighted by molar-refractivity contribution is 9.10. The number of carbonyl (C=O) groups excluding carboxylic acids is 1. The summed E-state index contributed by atoms with van der Waals surface area (Å²) in [5.74, 6) is -0.0537. The molecule has 0 aliphatic carbocycles. The van der Waals surface area contributed by atoms with Crippen molar-refractivity contribution in [3.63, 3.8) is 0 Å². The number of β-amino-alcohol motifs (C(OH)–C–C–N with tert-alkyl or cyclic N) is 1. The van der Waals surface area contributed by atoms with E-state index in [2.05, 4.69) is 26.6 Å². The highest BCUT2D eigenvalue weighted by atomic mass is 79.9. The minimum Gasteiger partial charge on any atom is -0.392 e. The summed E-state index contributed by atoms with van der Waals surface area (Å²) in [6.07, 6.45) is 0.0718. The van der Waals surface area contributed by atoms with Gasteiger partial charge in [0.2, 0.25) is 5.91 Å². The molecule has 1 amide bonds. The number of nitrogens with one attached hydrogen (secondary N) is 2. The molecule has 5 heteroatoms. The van der Waals surface area contributed by atoms with Gasteiger partial charge in [-0.05, 0) is 31.0 Å². The fourth-order valence-electron chi connectivity index (χ4n) is 2.07. The number of aliphatic hydroxyl groups is 1. The molecule has 2 unspecified atom stereocenters. The van der Waals surface area contributed by atoms with Gasteiger partial charge >= 0.3 is 0 Å². The van der Waals surface area contributed by atoms with Gasteiger partial charge in [0.05, 0.1) is 18.2 Å². The van der Waals surface area contributed by atoms with Gasteiger partial charge in [0, 0.05) is 11.0 Å². The molecule has 0 spiro atoms. The van der Waals surface area contributed by atoms with Gasteiger partial charge in [-0.1, -0.05) is 28.1 Å². The predicted molar refractivity (Wildman–Crippen MR) is 73.1 cm³/mol.